The molecular weight excluding hydrogens is 359 g/mol. The van der Waals surface area contributed by atoms with Crippen LogP contribution in [0.15, 0.2) is 61.1 Å². The average molecular weight is 371 g/mol. The molecule has 4 aromatic rings. The third kappa shape index (κ3) is 3.29. The minimum atomic E-state index is 0.356. The summed E-state index contributed by atoms with van der Waals surface area (Å²) in [4.78, 5) is 8.28. The van der Waals surface area contributed by atoms with Gasteiger partial charge in [-0.3, -0.25) is 0 Å². The van der Waals surface area contributed by atoms with Gasteiger partial charge in [0.1, 0.15) is 18.7 Å². The van der Waals surface area contributed by atoms with Crippen LogP contribution in [0, 0.1) is 0 Å². The van der Waals surface area contributed by atoms with E-state index in [0.717, 1.165) is 22.6 Å². The third-order valence-electron chi connectivity index (χ3n) is 3.72. The van der Waals surface area contributed by atoms with E-state index >= 15 is 0 Å². The Hall–Kier alpha value is -2.63. The van der Waals surface area contributed by atoms with E-state index in [4.69, 9.17) is 27.9 Å². The molecule has 0 saturated carbocycles. The fourth-order valence-electron chi connectivity index (χ4n) is 2.50. The maximum absolute atomic E-state index is 6.19. The van der Waals surface area contributed by atoms with Crippen molar-refractivity contribution >= 4 is 29.0 Å². The van der Waals surface area contributed by atoms with Gasteiger partial charge in [-0.15, -0.1) is 0 Å². The van der Waals surface area contributed by atoms with E-state index in [0.29, 0.717) is 22.4 Å². The van der Waals surface area contributed by atoms with Crippen LogP contribution in [0.3, 0.4) is 0 Å². The van der Waals surface area contributed by atoms with Gasteiger partial charge in [-0.2, -0.15) is 14.6 Å². The summed E-state index contributed by atoms with van der Waals surface area (Å²) in [6.45, 7) is 0.356. The van der Waals surface area contributed by atoms with E-state index in [1.165, 1.54) is 6.33 Å². The van der Waals surface area contributed by atoms with Crippen molar-refractivity contribution in [2.75, 3.05) is 0 Å². The summed E-state index contributed by atoms with van der Waals surface area (Å²) < 4.78 is 7.57. The normalized spacial score (nSPS) is 11.0. The fraction of sp³-hybridized carbons (Fsp3) is 0.0556. The molecule has 7 heteroatoms. The van der Waals surface area contributed by atoms with Crippen molar-refractivity contribution in [2.24, 2.45) is 0 Å². The number of halogens is 2. The van der Waals surface area contributed by atoms with Gasteiger partial charge in [0.15, 0.2) is 0 Å². The van der Waals surface area contributed by atoms with E-state index in [-0.39, 0.29) is 0 Å². The zero-order chi connectivity index (χ0) is 17.2. The number of aromatic nitrogens is 4. The van der Waals surface area contributed by atoms with Gasteiger partial charge >= 0.3 is 0 Å². The number of hydrogen-bond donors (Lipinski definition) is 0. The molecule has 5 nitrogen and oxygen atoms in total. The van der Waals surface area contributed by atoms with Gasteiger partial charge in [-0.05, 0) is 30.3 Å². The SMILES string of the molecule is Clc1ccc(COc2cccc(-c3ccnc4ncnn34)c2)c(Cl)c1. The van der Waals surface area contributed by atoms with Crippen LogP contribution in [-0.2, 0) is 6.61 Å². The molecule has 0 aliphatic rings. The molecule has 2 aromatic carbocycles. The Balaban J connectivity index is 1.60. The molecule has 25 heavy (non-hydrogen) atoms. The highest BCUT2D eigenvalue weighted by atomic mass is 35.5. The number of hydrogen-bond acceptors (Lipinski definition) is 4. The minimum absolute atomic E-state index is 0.356. The fourth-order valence-corrected chi connectivity index (χ4v) is 2.97. The Morgan fingerprint density at radius 3 is 2.80 bits per heavy atom. The molecule has 0 atom stereocenters. The lowest BCUT2D eigenvalue weighted by molar-refractivity contribution is 0.306. The smallest absolute Gasteiger partial charge is 0.252 e. The largest absolute Gasteiger partial charge is 0.489 e. The van der Waals surface area contributed by atoms with Crippen LogP contribution >= 0.6 is 23.2 Å². The van der Waals surface area contributed by atoms with Crippen LogP contribution in [0.25, 0.3) is 17.0 Å². The number of rotatable bonds is 4. The van der Waals surface area contributed by atoms with Crippen LogP contribution in [0.2, 0.25) is 10.0 Å². The molecule has 0 spiro atoms. The first-order chi connectivity index (χ1) is 12.2. The van der Waals surface area contributed by atoms with Gasteiger partial charge in [0.05, 0.1) is 5.69 Å². The molecule has 0 unspecified atom stereocenters. The molecule has 2 heterocycles. The van der Waals surface area contributed by atoms with Crippen molar-refractivity contribution in [3.8, 4) is 17.0 Å². The van der Waals surface area contributed by atoms with Crippen LogP contribution in [0.5, 0.6) is 5.75 Å². The van der Waals surface area contributed by atoms with E-state index in [1.807, 2.05) is 36.4 Å². The van der Waals surface area contributed by atoms with Gasteiger partial charge in [0, 0.05) is 27.4 Å². The number of nitrogens with zero attached hydrogens (tertiary/aromatic N) is 4. The predicted octanol–water partition coefficient (Wildman–Crippen LogP) is 4.68. The highest BCUT2D eigenvalue weighted by molar-refractivity contribution is 6.35. The van der Waals surface area contributed by atoms with Gasteiger partial charge in [0.2, 0.25) is 0 Å². The molecule has 0 bridgehead atoms. The number of benzene rings is 2. The summed E-state index contributed by atoms with van der Waals surface area (Å²) in [7, 11) is 0. The van der Waals surface area contributed by atoms with E-state index in [9.17, 15) is 0 Å². The molecule has 0 saturated heterocycles. The topological polar surface area (TPSA) is 52.3 Å². The maximum atomic E-state index is 6.19. The van der Waals surface area contributed by atoms with E-state index < -0.39 is 0 Å². The highest BCUT2D eigenvalue weighted by Crippen LogP contribution is 2.26. The lowest BCUT2D eigenvalue weighted by Crippen LogP contribution is -1.98. The van der Waals surface area contributed by atoms with Crippen LogP contribution in [0.4, 0.5) is 0 Å². The Morgan fingerprint density at radius 1 is 1.00 bits per heavy atom. The van der Waals surface area contributed by atoms with Gasteiger partial charge in [-0.25, -0.2) is 4.98 Å². The highest BCUT2D eigenvalue weighted by Gasteiger charge is 2.08. The molecule has 0 radical (unpaired) electrons. The minimum Gasteiger partial charge on any atom is -0.489 e. The Bertz CT molecular complexity index is 1050. The monoisotopic (exact) mass is 370 g/mol. The summed E-state index contributed by atoms with van der Waals surface area (Å²) in [6, 6.07) is 15.0. The van der Waals surface area contributed by atoms with Gasteiger partial charge in [-0.1, -0.05) is 41.4 Å². The molecule has 0 aliphatic carbocycles. The first-order valence-corrected chi connectivity index (χ1v) is 8.28. The lowest BCUT2D eigenvalue weighted by atomic mass is 10.1. The van der Waals surface area contributed by atoms with E-state index in [2.05, 4.69) is 15.1 Å². The zero-order valence-electron chi connectivity index (χ0n) is 12.9. The molecular formula is C18H12Cl2N4O. The third-order valence-corrected chi connectivity index (χ3v) is 4.31. The Morgan fingerprint density at radius 2 is 1.92 bits per heavy atom. The summed E-state index contributed by atoms with van der Waals surface area (Å²) in [5.41, 5.74) is 2.72. The summed E-state index contributed by atoms with van der Waals surface area (Å²) in [5, 5.41) is 5.40. The molecule has 2 aromatic heterocycles. The molecule has 124 valence electrons. The predicted molar refractivity (Wildman–Crippen MR) is 97.0 cm³/mol. The molecule has 0 N–H and O–H groups in total. The number of ether oxygens (including phenoxy) is 1. The van der Waals surface area contributed by atoms with Gasteiger partial charge in [0.25, 0.3) is 5.78 Å². The second kappa shape index (κ2) is 6.70. The quantitative estimate of drug-likeness (QED) is 0.523. The van der Waals surface area contributed by atoms with Crippen molar-refractivity contribution in [3.63, 3.8) is 0 Å². The van der Waals surface area contributed by atoms with Crippen molar-refractivity contribution in [3.05, 3.63) is 76.7 Å². The average Bonchev–Trinajstić information content (AvgIpc) is 3.10. The summed E-state index contributed by atoms with van der Waals surface area (Å²) in [5.74, 6) is 1.28. The summed E-state index contributed by atoms with van der Waals surface area (Å²) in [6.07, 6.45) is 3.19. The maximum Gasteiger partial charge on any atom is 0.252 e. The number of fused-ring (bicyclic) bond motifs is 1. The lowest BCUT2D eigenvalue weighted by Gasteiger charge is -2.10. The molecule has 4 rings (SSSR count). The summed E-state index contributed by atoms with van der Waals surface area (Å²) >= 11 is 12.1. The van der Waals surface area contributed by atoms with Crippen molar-refractivity contribution in [1.82, 2.24) is 19.6 Å². The van der Waals surface area contributed by atoms with Gasteiger partial charge < -0.3 is 4.74 Å². The van der Waals surface area contributed by atoms with Crippen molar-refractivity contribution < 1.29 is 4.74 Å². The van der Waals surface area contributed by atoms with E-state index in [1.54, 1.807) is 22.8 Å². The van der Waals surface area contributed by atoms with Crippen LogP contribution in [0.1, 0.15) is 5.56 Å². The second-order valence-corrected chi connectivity index (χ2v) is 6.20. The first kappa shape index (κ1) is 15.9. The Labute approximate surface area is 153 Å². The molecule has 0 aliphatic heterocycles. The van der Waals surface area contributed by atoms with Crippen molar-refractivity contribution in [1.29, 1.82) is 0 Å². The van der Waals surface area contributed by atoms with Crippen LogP contribution < -0.4 is 4.74 Å². The first-order valence-electron chi connectivity index (χ1n) is 7.52. The Kier molecular flexibility index (Phi) is 4.26. The zero-order valence-corrected chi connectivity index (χ0v) is 14.4. The second-order valence-electron chi connectivity index (χ2n) is 5.35. The standard InChI is InChI=1S/C18H12Cl2N4O/c19-14-5-4-13(16(20)9-14)10-25-15-3-1-2-12(8-15)17-6-7-21-18-22-11-23-24(17)18/h1-9,11H,10H2. The molecule has 0 amide bonds. The molecule has 0 fully saturated rings. The van der Waals surface area contributed by atoms with Crippen LogP contribution in [-0.4, -0.2) is 19.6 Å². The van der Waals surface area contributed by atoms with Crippen molar-refractivity contribution in [2.45, 2.75) is 6.61 Å².